The maximum absolute atomic E-state index is 12.3. The van der Waals surface area contributed by atoms with Gasteiger partial charge in [-0.2, -0.15) is 0 Å². The molecule has 3 heterocycles. The van der Waals surface area contributed by atoms with Gasteiger partial charge in [-0.3, -0.25) is 9.78 Å². The van der Waals surface area contributed by atoms with Crippen molar-refractivity contribution in [3.63, 3.8) is 0 Å². The second-order valence-electron chi connectivity index (χ2n) is 7.80. The Bertz CT molecular complexity index is 1040. The van der Waals surface area contributed by atoms with E-state index in [4.69, 9.17) is 0 Å². The number of aryl methyl sites for hydroxylation is 1. The van der Waals surface area contributed by atoms with E-state index in [0.29, 0.717) is 0 Å². The largest absolute Gasteiger partial charge is 0.305 e. The van der Waals surface area contributed by atoms with Gasteiger partial charge in [-0.25, -0.2) is 0 Å². The molecule has 0 radical (unpaired) electrons. The molecule has 0 bridgehead atoms. The lowest BCUT2D eigenvalue weighted by molar-refractivity contribution is 0.174. The summed E-state index contributed by atoms with van der Waals surface area (Å²) in [7, 11) is 0. The lowest BCUT2D eigenvalue weighted by atomic mass is 9.90. The number of likely N-dealkylation sites (tertiary alicyclic amines) is 1. The van der Waals surface area contributed by atoms with Gasteiger partial charge in [0.1, 0.15) is 0 Å². The highest BCUT2D eigenvalue weighted by molar-refractivity contribution is 9.13. The molecule has 1 aromatic carbocycles. The molecule has 0 unspecified atom stereocenters. The molecule has 29 heavy (non-hydrogen) atoms. The van der Waals surface area contributed by atoms with Gasteiger partial charge in [-0.1, -0.05) is 6.07 Å². The van der Waals surface area contributed by atoms with E-state index in [2.05, 4.69) is 59.9 Å². The van der Waals surface area contributed by atoms with Crippen molar-refractivity contribution >= 4 is 42.9 Å². The highest BCUT2D eigenvalue weighted by atomic mass is 79.9. The molecule has 0 aliphatic carbocycles. The number of piperidine rings is 1. The summed E-state index contributed by atoms with van der Waals surface area (Å²) >= 11 is 7.13. The summed E-state index contributed by atoms with van der Waals surface area (Å²) in [6.45, 7) is 3.87. The number of hydrogen-bond acceptors (Lipinski definition) is 3. The third-order valence-electron chi connectivity index (χ3n) is 5.93. The van der Waals surface area contributed by atoms with Crippen LogP contribution in [0, 0.1) is 5.92 Å². The Morgan fingerprint density at radius 2 is 1.83 bits per heavy atom. The standard InChI is InChI=1S/C23H25Br2N3O/c24-19-6-5-18(16-20(19)25)4-3-17-9-12-27(13-10-17)14-15-28-22-2-1-11-26-21(22)7-8-23(28)29/h1-2,5-8,11,16-17H,3-4,9-10,12-15H2. The lowest BCUT2D eigenvalue weighted by Crippen LogP contribution is -2.37. The fraction of sp³-hybridized carbons (Fsp3) is 0.391. The summed E-state index contributed by atoms with van der Waals surface area (Å²) in [5.74, 6) is 0.790. The Hall–Kier alpha value is -1.50. The molecule has 1 aliphatic rings. The average Bonchev–Trinajstić information content (AvgIpc) is 2.75. The normalized spacial score (nSPS) is 15.8. The van der Waals surface area contributed by atoms with Crippen LogP contribution in [0.3, 0.4) is 0 Å². The van der Waals surface area contributed by atoms with E-state index in [1.54, 1.807) is 12.3 Å². The van der Waals surface area contributed by atoms with Gasteiger partial charge < -0.3 is 9.47 Å². The van der Waals surface area contributed by atoms with Gasteiger partial charge >= 0.3 is 0 Å². The third kappa shape index (κ3) is 5.16. The van der Waals surface area contributed by atoms with Crippen molar-refractivity contribution in [2.75, 3.05) is 19.6 Å². The molecule has 152 valence electrons. The number of benzene rings is 1. The van der Waals surface area contributed by atoms with Crippen LogP contribution in [0.1, 0.15) is 24.8 Å². The second kappa shape index (κ2) is 9.54. The Balaban J connectivity index is 1.28. The first-order valence-electron chi connectivity index (χ1n) is 10.2. The lowest BCUT2D eigenvalue weighted by Gasteiger charge is -2.32. The van der Waals surface area contributed by atoms with Crippen molar-refractivity contribution in [3.8, 4) is 0 Å². The molecule has 3 aromatic rings. The van der Waals surface area contributed by atoms with Gasteiger partial charge in [0.15, 0.2) is 0 Å². The minimum absolute atomic E-state index is 0.0565. The Kier molecular flexibility index (Phi) is 6.83. The van der Waals surface area contributed by atoms with Crippen molar-refractivity contribution in [2.45, 2.75) is 32.2 Å². The molecule has 1 aliphatic heterocycles. The molecule has 0 amide bonds. The first-order valence-corrected chi connectivity index (χ1v) is 11.8. The minimum atomic E-state index is 0.0565. The topological polar surface area (TPSA) is 38.1 Å². The fourth-order valence-corrected chi connectivity index (χ4v) is 4.83. The van der Waals surface area contributed by atoms with E-state index < -0.39 is 0 Å². The fourth-order valence-electron chi connectivity index (χ4n) is 4.16. The molecule has 0 N–H and O–H groups in total. The zero-order chi connectivity index (χ0) is 20.2. The molecular weight excluding hydrogens is 494 g/mol. The van der Waals surface area contributed by atoms with E-state index in [1.807, 2.05) is 22.8 Å². The highest BCUT2D eigenvalue weighted by Gasteiger charge is 2.19. The van der Waals surface area contributed by atoms with E-state index in [9.17, 15) is 4.79 Å². The monoisotopic (exact) mass is 517 g/mol. The molecule has 4 rings (SSSR count). The van der Waals surface area contributed by atoms with Crippen LogP contribution >= 0.6 is 31.9 Å². The third-order valence-corrected chi connectivity index (χ3v) is 7.81. The van der Waals surface area contributed by atoms with Gasteiger partial charge in [-0.05, 0) is 112 Å². The van der Waals surface area contributed by atoms with Crippen LogP contribution in [-0.4, -0.2) is 34.1 Å². The highest BCUT2D eigenvalue weighted by Crippen LogP contribution is 2.27. The van der Waals surface area contributed by atoms with E-state index in [1.165, 1.54) is 24.8 Å². The van der Waals surface area contributed by atoms with Crippen LogP contribution in [0.5, 0.6) is 0 Å². The number of aromatic nitrogens is 2. The predicted molar refractivity (Wildman–Crippen MR) is 125 cm³/mol. The number of halogens is 2. The molecular formula is C23H25Br2N3O. The zero-order valence-electron chi connectivity index (χ0n) is 16.4. The van der Waals surface area contributed by atoms with Crippen LogP contribution in [0.2, 0.25) is 0 Å². The zero-order valence-corrected chi connectivity index (χ0v) is 19.5. The number of pyridine rings is 2. The molecule has 0 atom stereocenters. The van der Waals surface area contributed by atoms with Crippen molar-refractivity contribution in [3.05, 3.63) is 73.5 Å². The summed E-state index contributed by atoms with van der Waals surface area (Å²) < 4.78 is 4.10. The van der Waals surface area contributed by atoms with E-state index in [-0.39, 0.29) is 5.56 Å². The summed E-state index contributed by atoms with van der Waals surface area (Å²) in [5, 5.41) is 0. The first-order chi connectivity index (χ1) is 14.1. The maximum atomic E-state index is 12.3. The van der Waals surface area contributed by atoms with Crippen LogP contribution < -0.4 is 5.56 Å². The number of nitrogens with zero attached hydrogens (tertiary/aromatic N) is 3. The molecule has 0 saturated carbocycles. The van der Waals surface area contributed by atoms with Gasteiger partial charge in [0, 0.05) is 34.3 Å². The smallest absolute Gasteiger partial charge is 0.251 e. The number of rotatable bonds is 6. The first kappa shape index (κ1) is 20.8. The summed E-state index contributed by atoms with van der Waals surface area (Å²) in [6, 6.07) is 13.9. The van der Waals surface area contributed by atoms with Crippen molar-refractivity contribution in [2.24, 2.45) is 5.92 Å². The van der Waals surface area contributed by atoms with Crippen LogP contribution in [0.4, 0.5) is 0 Å². The van der Waals surface area contributed by atoms with Gasteiger partial charge in [0.25, 0.3) is 5.56 Å². The molecule has 2 aromatic heterocycles. The number of hydrogen-bond donors (Lipinski definition) is 0. The molecule has 4 nitrogen and oxygen atoms in total. The van der Waals surface area contributed by atoms with Crippen LogP contribution in [0.15, 0.2) is 62.4 Å². The van der Waals surface area contributed by atoms with Crippen molar-refractivity contribution in [1.29, 1.82) is 0 Å². The minimum Gasteiger partial charge on any atom is -0.305 e. The maximum Gasteiger partial charge on any atom is 0.251 e. The summed E-state index contributed by atoms with van der Waals surface area (Å²) in [6.07, 6.45) is 6.63. The van der Waals surface area contributed by atoms with E-state index in [0.717, 1.165) is 58.5 Å². The average molecular weight is 519 g/mol. The van der Waals surface area contributed by atoms with Gasteiger partial charge in [0.2, 0.25) is 0 Å². The van der Waals surface area contributed by atoms with Crippen LogP contribution in [0.25, 0.3) is 11.0 Å². The Labute approximate surface area is 188 Å². The van der Waals surface area contributed by atoms with E-state index >= 15 is 0 Å². The quantitative estimate of drug-likeness (QED) is 0.446. The SMILES string of the molecule is O=c1ccc2ncccc2n1CCN1CCC(CCc2ccc(Br)c(Br)c2)CC1. The molecule has 0 spiro atoms. The van der Waals surface area contributed by atoms with Crippen molar-refractivity contribution < 1.29 is 0 Å². The molecule has 6 heteroatoms. The number of fused-ring (bicyclic) bond motifs is 1. The molecule has 1 fully saturated rings. The Morgan fingerprint density at radius 1 is 1.00 bits per heavy atom. The summed E-state index contributed by atoms with van der Waals surface area (Å²) in [5.41, 5.74) is 3.26. The predicted octanol–water partition coefficient (Wildman–Crippen LogP) is 5.27. The summed E-state index contributed by atoms with van der Waals surface area (Å²) in [4.78, 5) is 19.2. The van der Waals surface area contributed by atoms with Gasteiger partial charge in [-0.15, -0.1) is 0 Å². The van der Waals surface area contributed by atoms with Crippen molar-refractivity contribution in [1.82, 2.24) is 14.5 Å². The second-order valence-corrected chi connectivity index (χ2v) is 9.51. The van der Waals surface area contributed by atoms with Crippen LogP contribution in [-0.2, 0) is 13.0 Å². The van der Waals surface area contributed by atoms with Gasteiger partial charge in [0.05, 0.1) is 11.0 Å². The molecule has 1 saturated heterocycles. The Morgan fingerprint density at radius 3 is 2.62 bits per heavy atom.